The second-order valence-corrected chi connectivity index (χ2v) is 5.18. The summed E-state index contributed by atoms with van der Waals surface area (Å²) in [5.74, 6) is -0.179. The maximum Gasteiger partial charge on any atom is 0.246 e. The number of thiocarbonyl (C=S) groups is 1. The van der Waals surface area contributed by atoms with Crippen molar-refractivity contribution in [2.45, 2.75) is 52.2 Å². The van der Waals surface area contributed by atoms with Gasteiger partial charge >= 0.3 is 0 Å². The standard InChI is InChI=1S/C11H22N2O2S/c1-5-6-8(10(12)16)13-9(14)7-15-11(2,3)4/h8H,5-7H2,1-4H3,(H2,12,16)(H,13,14). The highest BCUT2D eigenvalue weighted by atomic mass is 32.1. The Kier molecular flexibility index (Phi) is 6.52. The van der Waals surface area contributed by atoms with Gasteiger partial charge in [-0.05, 0) is 27.2 Å². The van der Waals surface area contributed by atoms with Crippen LogP contribution in [-0.4, -0.2) is 29.1 Å². The van der Waals surface area contributed by atoms with Crippen LogP contribution < -0.4 is 11.1 Å². The highest BCUT2D eigenvalue weighted by Crippen LogP contribution is 2.06. The fourth-order valence-corrected chi connectivity index (χ4v) is 1.27. The minimum Gasteiger partial charge on any atom is -0.392 e. The van der Waals surface area contributed by atoms with Crippen molar-refractivity contribution in [1.29, 1.82) is 0 Å². The number of carbonyl (C=O) groups excluding carboxylic acids is 1. The summed E-state index contributed by atoms with van der Waals surface area (Å²) in [6.45, 7) is 7.75. The van der Waals surface area contributed by atoms with Gasteiger partial charge in [0, 0.05) is 0 Å². The number of rotatable bonds is 6. The van der Waals surface area contributed by atoms with Gasteiger partial charge in [-0.15, -0.1) is 0 Å². The van der Waals surface area contributed by atoms with Crippen molar-refractivity contribution in [1.82, 2.24) is 5.32 Å². The maximum absolute atomic E-state index is 11.5. The Hall–Kier alpha value is -0.680. The average molecular weight is 246 g/mol. The molecule has 0 aromatic heterocycles. The Morgan fingerprint density at radius 3 is 2.44 bits per heavy atom. The quantitative estimate of drug-likeness (QED) is 0.695. The van der Waals surface area contributed by atoms with E-state index in [1.165, 1.54) is 0 Å². The summed E-state index contributed by atoms with van der Waals surface area (Å²) in [4.78, 5) is 11.9. The van der Waals surface area contributed by atoms with Crippen LogP contribution in [0.15, 0.2) is 0 Å². The number of carbonyl (C=O) groups is 1. The summed E-state index contributed by atoms with van der Waals surface area (Å²) in [5.41, 5.74) is 5.21. The fraction of sp³-hybridized carbons (Fsp3) is 0.818. The molecule has 0 rings (SSSR count). The first-order valence-corrected chi connectivity index (χ1v) is 5.89. The summed E-state index contributed by atoms with van der Waals surface area (Å²) in [6.07, 6.45) is 1.68. The van der Waals surface area contributed by atoms with E-state index in [1.807, 2.05) is 27.7 Å². The van der Waals surface area contributed by atoms with E-state index in [0.29, 0.717) is 4.99 Å². The molecule has 4 nitrogen and oxygen atoms in total. The van der Waals surface area contributed by atoms with Gasteiger partial charge in [-0.3, -0.25) is 4.79 Å². The third-order valence-electron chi connectivity index (χ3n) is 1.89. The Balaban J connectivity index is 4.05. The Labute approximate surface area is 103 Å². The molecule has 94 valence electrons. The zero-order chi connectivity index (χ0) is 12.8. The van der Waals surface area contributed by atoms with Crippen molar-refractivity contribution >= 4 is 23.1 Å². The van der Waals surface area contributed by atoms with Gasteiger partial charge in [-0.2, -0.15) is 0 Å². The number of nitrogens with two attached hydrogens (primary N) is 1. The molecule has 0 heterocycles. The predicted molar refractivity (Wildman–Crippen MR) is 69.3 cm³/mol. The molecule has 0 aromatic carbocycles. The highest BCUT2D eigenvalue weighted by molar-refractivity contribution is 7.80. The molecule has 16 heavy (non-hydrogen) atoms. The van der Waals surface area contributed by atoms with Crippen LogP contribution in [0.3, 0.4) is 0 Å². The van der Waals surface area contributed by atoms with Crippen molar-refractivity contribution in [2.24, 2.45) is 5.73 Å². The van der Waals surface area contributed by atoms with Crippen LogP contribution in [0.1, 0.15) is 40.5 Å². The molecule has 0 aliphatic rings. The van der Waals surface area contributed by atoms with Gasteiger partial charge in [0.25, 0.3) is 0 Å². The first-order valence-electron chi connectivity index (χ1n) is 5.49. The molecule has 0 aliphatic heterocycles. The Morgan fingerprint density at radius 1 is 1.50 bits per heavy atom. The lowest BCUT2D eigenvalue weighted by atomic mass is 10.1. The van der Waals surface area contributed by atoms with E-state index >= 15 is 0 Å². The summed E-state index contributed by atoms with van der Waals surface area (Å²) < 4.78 is 5.35. The van der Waals surface area contributed by atoms with Gasteiger partial charge in [0.2, 0.25) is 5.91 Å². The third kappa shape index (κ3) is 7.59. The highest BCUT2D eigenvalue weighted by Gasteiger charge is 2.17. The average Bonchev–Trinajstić information content (AvgIpc) is 2.13. The normalized spacial score (nSPS) is 13.2. The maximum atomic E-state index is 11.5. The SMILES string of the molecule is CCCC(NC(=O)COC(C)(C)C)C(N)=S. The van der Waals surface area contributed by atoms with E-state index < -0.39 is 0 Å². The molecule has 0 spiro atoms. The molecule has 0 radical (unpaired) electrons. The van der Waals surface area contributed by atoms with Crippen molar-refractivity contribution in [2.75, 3.05) is 6.61 Å². The van der Waals surface area contributed by atoms with E-state index in [0.717, 1.165) is 12.8 Å². The largest absolute Gasteiger partial charge is 0.392 e. The molecule has 3 N–H and O–H groups in total. The minimum absolute atomic E-state index is 0.0341. The van der Waals surface area contributed by atoms with Gasteiger partial charge in [0.1, 0.15) is 6.61 Å². The molecule has 1 atom stereocenters. The molecule has 0 saturated carbocycles. The number of hydrogen-bond donors (Lipinski definition) is 2. The smallest absolute Gasteiger partial charge is 0.246 e. The lowest BCUT2D eigenvalue weighted by Crippen LogP contribution is -2.45. The topological polar surface area (TPSA) is 64.3 Å². The number of amides is 1. The molecule has 0 aromatic rings. The van der Waals surface area contributed by atoms with Gasteiger partial charge in [0.05, 0.1) is 16.6 Å². The molecular formula is C11H22N2O2S. The second kappa shape index (κ2) is 6.81. The first kappa shape index (κ1) is 15.3. The zero-order valence-electron chi connectivity index (χ0n) is 10.5. The van der Waals surface area contributed by atoms with E-state index in [-0.39, 0.29) is 24.2 Å². The molecule has 0 fully saturated rings. The van der Waals surface area contributed by atoms with Crippen LogP contribution >= 0.6 is 12.2 Å². The lowest BCUT2D eigenvalue weighted by molar-refractivity contribution is -0.130. The monoisotopic (exact) mass is 246 g/mol. The van der Waals surface area contributed by atoms with Crippen LogP contribution in [0.5, 0.6) is 0 Å². The number of ether oxygens (including phenoxy) is 1. The minimum atomic E-state index is -0.319. The van der Waals surface area contributed by atoms with Crippen LogP contribution in [0, 0.1) is 0 Å². The molecule has 0 aliphatic carbocycles. The van der Waals surface area contributed by atoms with Gasteiger partial charge in [0.15, 0.2) is 0 Å². The van der Waals surface area contributed by atoms with Crippen molar-refractivity contribution < 1.29 is 9.53 Å². The Bertz CT molecular complexity index is 249. The second-order valence-electron chi connectivity index (χ2n) is 4.71. The summed E-state index contributed by atoms with van der Waals surface area (Å²) in [6, 6.07) is -0.226. The van der Waals surface area contributed by atoms with E-state index in [9.17, 15) is 4.79 Å². The Morgan fingerprint density at radius 2 is 2.06 bits per heavy atom. The van der Waals surface area contributed by atoms with Crippen LogP contribution in [0.25, 0.3) is 0 Å². The van der Waals surface area contributed by atoms with Crippen LogP contribution in [-0.2, 0) is 9.53 Å². The summed E-state index contributed by atoms with van der Waals surface area (Å²) >= 11 is 4.88. The molecule has 1 unspecified atom stereocenters. The first-order chi connectivity index (χ1) is 7.26. The van der Waals surface area contributed by atoms with E-state index in [1.54, 1.807) is 0 Å². The molecule has 1 amide bonds. The molecule has 0 saturated heterocycles. The number of hydrogen-bond acceptors (Lipinski definition) is 3. The van der Waals surface area contributed by atoms with Crippen molar-refractivity contribution in [3.63, 3.8) is 0 Å². The summed E-state index contributed by atoms with van der Waals surface area (Å²) in [5, 5.41) is 2.76. The van der Waals surface area contributed by atoms with E-state index in [2.05, 4.69) is 5.32 Å². The summed E-state index contributed by atoms with van der Waals surface area (Å²) in [7, 11) is 0. The van der Waals surface area contributed by atoms with Crippen LogP contribution in [0.4, 0.5) is 0 Å². The van der Waals surface area contributed by atoms with Crippen molar-refractivity contribution in [3.8, 4) is 0 Å². The fourth-order valence-electron chi connectivity index (χ4n) is 1.09. The third-order valence-corrected chi connectivity index (χ3v) is 2.18. The van der Waals surface area contributed by atoms with Gasteiger partial charge < -0.3 is 15.8 Å². The van der Waals surface area contributed by atoms with Crippen molar-refractivity contribution in [3.05, 3.63) is 0 Å². The zero-order valence-corrected chi connectivity index (χ0v) is 11.3. The molecule has 5 heteroatoms. The van der Waals surface area contributed by atoms with E-state index in [4.69, 9.17) is 22.7 Å². The predicted octanol–water partition coefficient (Wildman–Crippen LogP) is 1.37. The van der Waals surface area contributed by atoms with Gasteiger partial charge in [-0.1, -0.05) is 25.6 Å². The molecule has 0 bridgehead atoms. The lowest BCUT2D eigenvalue weighted by Gasteiger charge is -2.21. The molecular weight excluding hydrogens is 224 g/mol. The van der Waals surface area contributed by atoms with Gasteiger partial charge in [-0.25, -0.2) is 0 Å². The number of nitrogens with one attached hydrogen (secondary N) is 1. The van der Waals surface area contributed by atoms with Crippen LogP contribution in [0.2, 0.25) is 0 Å².